The summed E-state index contributed by atoms with van der Waals surface area (Å²) in [6.07, 6.45) is 2.17. The van der Waals surface area contributed by atoms with Crippen LogP contribution in [0.3, 0.4) is 0 Å². The lowest BCUT2D eigenvalue weighted by Gasteiger charge is -2.14. The van der Waals surface area contributed by atoms with Gasteiger partial charge in [0.25, 0.3) is 0 Å². The number of nitrogens with one attached hydrogen (secondary N) is 2. The van der Waals surface area contributed by atoms with Crippen molar-refractivity contribution >= 4 is 29.9 Å². The van der Waals surface area contributed by atoms with Crippen LogP contribution in [0, 0.1) is 0 Å². The molecule has 120 valence electrons. The predicted octanol–water partition coefficient (Wildman–Crippen LogP) is 2.48. The number of halogens is 1. The fraction of sp³-hybridized carbons (Fsp3) is 0.562. The fourth-order valence-electron chi connectivity index (χ4n) is 2.08. The molecule has 0 spiro atoms. The lowest BCUT2D eigenvalue weighted by Crippen LogP contribution is -2.38. The number of benzene rings is 1. The molecule has 0 atom stereocenters. The number of aliphatic imine (C=N–C) groups is 1. The zero-order valence-electron chi connectivity index (χ0n) is 13.6. The topological polar surface area (TPSA) is 39.7 Å². The van der Waals surface area contributed by atoms with E-state index in [-0.39, 0.29) is 24.0 Å². The standard InChI is InChI=1S/C16H28N4.HI/c1-5-14-9-6-7-10-15(14)13-19-16(17-2)18-11-8-12-20(3)4;/h6-7,9-10H,5,8,11-13H2,1-4H3,(H2,17,18,19);1H. The molecule has 0 aliphatic heterocycles. The van der Waals surface area contributed by atoms with Crippen LogP contribution < -0.4 is 10.6 Å². The molecule has 0 aromatic heterocycles. The van der Waals surface area contributed by atoms with Gasteiger partial charge in [-0.2, -0.15) is 0 Å². The van der Waals surface area contributed by atoms with Gasteiger partial charge in [-0.3, -0.25) is 4.99 Å². The number of guanidine groups is 1. The van der Waals surface area contributed by atoms with E-state index >= 15 is 0 Å². The van der Waals surface area contributed by atoms with Crippen molar-refractivity contribution in [2.24, 2.45) is 4.99 Å². The highest BCUT2D eigenvalue weighted by Gasteiger charge is 2.01. The molecule has 0 heterocycles. The van der Waals surface area contributed by atoms with E-state index in [4.69, 9.17) is 0 Å². The maximum absolute atomic E-state index is 4.26. The zero-order chi connectivity index (χ0) is 14.8. The van der Waals surface area contributed by atoms with Gasteiger partial charge in [0.05, 0.1) is 0 Å². The number of nitrogens with zero attached hydrogens (tertiary/aromatic N) is 2. The molecule has 0 amide bonds. The van der Waals surface area contributed by atoms with E-state index in [0.717, 1.165) is 38.4 Å². The molecule has 21 heavy (non-hydrogen) atoms. The molecule has 0 unspecified atom stereocenters. The summed E-state index contributed by atoms with van der Waals surface area (Å²) in [7, 11) is 6.00. The van der Waals surface area contributed by atoms with Gasteiger partial charge in [-0.1, -0.05) is 31.2 Å². The molecule has 5 heteroatoms. The Morgan fingerprint density at radius 2 is 1.81 bits per heavy atom. The van der Waals surface area contributed by atoms with Crippen molar-refractivity contribution in [3.63, 3.8) is 0 Å². The number of aryl methyl sites for hydroxylation is 1. The first-order valence-electron chi connectivity index (χ1n) is 7.33. The Bertz CT molecular complexity index is 418. The van der Waals surface area contributed by atoms with E-state index in [1.807, 2.05) is 7.05 Å². The molecule has 2 N–H and O–H groups in total. The minimum Gasteiger partial charge on any atom is -0.356 e. The quantitative estimate of drug-likeness (QED) is 0.318. The molecule has 0 aliphatic carbocycles. The highest BCUT2D eigenvalue weighted by molar-refractivity contribution is 14.0. The summed E-state index contributed by atoms with van der Waals surface area (Å²) in [5.41, 5.74) is 2.73. The van der Waals surface area contributed by atoms with Crippen molar-refractivity contribution in [2.45, 2.75) is 26.3 Å². The monoisotopic (exact) mass is 404 g/mol. The van der Waals surface area contributed by atoms with Gasteiger partial charge in [0, 0.05) is 20.1 Å². The zero-order valence-corrected chi connectivity index (χ0v) is 16.0. The number of hydrogen-bond donors (Lipinski definition) is 2. The molecule has 0 bridgehead atoms. The SMILES string of the molecule is CCc1ccccc1CNC(=NC)NCCCN(C)C.I. The van der Waals surface area contributed by atoms with Crippen molar-refractivity contribution in [1.82, 2.24) is 15.5 Å². The molecular formula is C16H29IN4. The highest BCUT2D eigenvalue weighted by Crippen LogP contribution is 2.08. The minimum absolute atomic E-state index is 0. The van der Waals surface area contributed by atoms with Crippen LogP contribution in [-0.2, 0) is 13.0 Å². The first-order valence-corrected chi connectivity index (χ1v) is 7.33. The van der Waals surface area contributed by atoms with Gasteiger partial charge in [-0.25, -0.2) is 0 Å². The first-order chi connectivity index (χ1) is 9.67. The molecule has 0 aliphatic rings. The summed E-state index contributed by atoms with van der Waals surface area (Å²) < 4.78 is 0. The maximum Gasteiger partial charge on any atom is 0.191 e. The Kier molecular flexibility index (Phi) is 11.3. The van der Waals surface area contributed by atoms with Crippen LogP contribution in [0.1, 0.15) is 24.5 Å². The van der Waals surface area contributed by atoms with Crippen molar-refractivity contribution in [1.29, 1.82) is 0 Å². The molecule has 4 nitrogen and oxygen atoms in total. The van der Waals surface area contributed by atoms with Gasteiger partial charge in [-0.15, -0.1) is 24.0 Å². The largest absolute Gasteiger partial charge is 0.356 e. The molecule has 1 aromatic rings. The Balaban J connectivity index is 0.00000400. The Hall–Kier alpha value is -0.820. The Morgan fingerprint density at radius 1 is 1.14 bits per heavy atom. The van der Waals surface area contributed by atoms with Gasteiger partial charge in [0.2, 0.25) is 0 Å². The highest BCUT2D eigenvalue weighted by atomic mass is 127. The summed E-state index contributed by atoms with van der Waals surface area (Å²) in [6.45, 7) is 5.03. The van der Waals surface area contributed by atoms with E-state index in [0.29, 0.717) is 0 Å². The van der Waals surface area contributed by atoms with Gasteiger partial charge in [0.1, 0.15) is 0 Å². The predicted molar refractivity (Wildman–Crippen MR) is 103 cm³/mol. The van der Waals surface area contributed by atoms with Crippen LogP contribution in [0.2, 0.25) is 0 Å². The second-order valence-electron chi connectivity index (χ2n) is 5.13. The third kappa shape index (κ3) is 8.26. The van der Waals surface area contributed by atoms with Gasteiger partial charge in [0.15, 0.2) is 5.96 Å². The van der Waals surface area contributed by atoms with Crippen LogP contribution in [0.15, 0.2) is 29.3 Å². The average molecular weight is 404 g/mol. The Morgan fingerprint density at radius 3 is 2.38 bits per heavy atom. The summed E-state index contributed by atoms with van der Waals surface area (Å²) in [5.74, 6) is 0.870. The lowest BCUT2D eigenvalue weighted by molar-refractivity contribution is 0.399. The van der Waals surface area contributed by atoms with E-state index < -0.39 is 0 Å². The summed E-state index contributed by atoms with van der Waals surface area (Å²) in [6, 6.07) is 8.54. The van der Waals surface area contributed by atoms with Crippen LogP contribution in [0.25, 0.3) is 0 Å². The van der Waals surface area contributed by atoms with Crippen molar-refractivity contribution in [2.75, 3.05) is 34.2 Å². The van der Waals surface area contributed by atoms with Crippen molar-refractivity contribution in [3.8, 4) is 0 Å². The van der Waals surface area contributed by atoms with Crippen LogP contribution >= 0.6 is 24.0 Å². The summed E-state index contributed by atoms with van der Waals surface area (Å²) in [4.78, 5) is 6.45. The number of rotatable bonds is 7. The third-order valence-corrected chi connectivity index (χ3v) is 3.24. The molecule has 0 radical (unpaired) electrons. The van der Waals surface area contributed by atoms with Crippen LogP contribution in [0.5, 0.6) is 0 Å². The van der Waals surface area contributed by atoms with E-state index in [1.165, 1.54) is 11.1 Å². The van der Waals surface area contributed by atoms with Gasteiger partial charge < -0.3 is 15.5 Å². The van der Waals surface area contributed by atoms with Crippen LogP contribution in [-0.4, -0.2) is 45.1 Å². The average Bonchev–Trinajstić information content (AvgIpc) is 2.46. The molecular weight excluding hydrogens is 375 g/mol. The second kappa shape index (κ2) is 11.8. The Labute approximate surface area is 146 Å². The number of hydrogen-bond acceptors (Lipinski definition) is 2. The van der Waals surface area contributed by atoms with E-state index in [9.17, 15) is 0 Å². The van der Waals surface area contributed by atoms with Crippen molar-refractivity contribution < 1.29 is 0 Å². The molecule has 0 saturated heterocycles. The minimum atomic E-state index is 0. The van der Waals surface area contributed by atoms with Crippen LogP contribution in [0.4, 0.5) is 0 Å². The normalized spacial score (nSPS) is 11.2. The third-order valence-electron chi connectivity index (χ3n) is 3.24. The summed E-state index contributed by atoms with van der Waals surface area (Å²) >= 11 is 0. The second-order valence-corrected chi connectivity index (χ2v) is 5.13. The smallest absolute Gasteiger partial charge is 0.191 e. The fourth-order valence-corrected chi connectivity index (χ4v) is 2.08. The van der Waals surface area contributed by atoms with Gasteiger partial charge >= 0.3 is 0 Å². The summed E-state index contributed by atoms with van der Waals surface area (Å²) in [5, 5.41) is 6.72. The lowest BCUT2D eigenvalue weighted by atomic mass is 10.1. The van der Waals surface area contributed by atoms with E-state index in [2.05, 4.69) is 65.8 Å². The van der Waals surface area contributed by atoms with E-state index in [1.54, 1.807) is 0 Å². The first kappa shape index (κ1) is 20.2. The molecule has 0 saturated carbocycles. The molecule has 1 aromatic carbocycles. The van der Waals surface area contributed by atoms with Gasteiger partial charge in [-0.05, 0) is 44.6 Å². The molecule has 0 fully saturated rings. The van der Waals surface area contributed by atoms with Crippen molar-refractivity contribution in [3.05, 3.63) is 35.4 Å². The maximum atomic E-state index is 4.26. The molecule has 1 rings (SSSR count).